The lowest BCUT2D eigenvalue weighted by molar-refractivity contribution is 0.583. The van der Waals surface area contributed by atoms with E-state index in [4.69, 9.17) is 0 Å². The van der Waals surface area contributed by atoms with E-state index in [-0.39, 0.29) is 0 Å². The van der Waals surface area contributed by atoms with Gasteiger partial charge in [0.15, 0.2) is 5.82 Å². The summed E-state index contributed by atoms with van der Waals surface area (Å²) in [6.45, 7) is 5.70. The van der Waals surface area contributed by atoms with Crippen molar-refractivity contribution in [1.82, 2.24) is 20.5 Å². The Morgan fingerprint density at radius 2 is 1.90 bits per heavy atom. The Morgan fingerprint density at radius 1 is 1.15 bits per heavy atom. The molecule has 1 fully saturated rings. The number of aryl methyl sites for hydroxylation is 1. The third-order valence-corrected chi connectivity index (χ3v) is 4.01. The van der Waals surface area contributed by atoms with E-state index in [2.05, 4.69) is 41.3 Å². The normalized spacial score (nSPS) is 15.4. The number of piperazine rings is 1. The Bertz CT molecular complexity index is 610. The second kappa shape index (κ2) is 5.85. The maximum atomic E-state index is 4.62. The average Bonchev–Trinajstić information content (AvgIpc) is 2.49. The molecule has 1 aromatic carbocycles. The lowest BCUT2D eigenvalue weighted by Gasteiger charge is -2.29. The standard InChI is InChI=1S/C14H16BrN5/c1-10-17-14(20-8-6-16-7-9-20)13(19-18-10)11-4-2-3-5-12(11)15/h2-5,16H,6-9H2,1H3. The fourth-order valence-electron chi connectivity index (χ4n) is 2.32. The molecule has 104 valence electrons. The maximum Gasteiger partial charge on any atom is 0.159 e. The monoisotopic (exact) mass is 333 g/mol. The van der Waals surface area contributed by atoms with E-state index in [1.54, 1.807) is 0 Å². The van der Waals surface area contributed by atoms with Crippen molar-refractivity contribution in [3.8, 4) is 11.3 Å². The topological polar surface area (TPSA) is 53.9 Å². The number of rotatable bonds is 2. The van der Waals surface area contributed by atoms with Crippen LogP contribution in [-0.2, 0) is 0 Å². The Labute approximate surface area is 126 Å². The molecule has 0 spiro atoms. The number of hydrogen-bond donors (Lipinski definition) is 1. The molecule has 0 unspecified atom stereocenters. The Kier molecular flexibility index (Phi) is 3.93. The van der Waals surface area contributed by atoms with Crippen LogP contribution in [0.25, 0.3) is 11.3 Å². The minimum atomic E-state index is 0.703. The minimum absolute atomic E-state index is 0.703. The van der Waals surface area contributed by atoms with Gasteiger partial charge < -0.3 is 10.2 Å². The lowest BCUT2D eigenvalue weighted by Crippen LogP contribution is -2.44. The van der Waals surface area contributed by atoms with Crippen LogP contribution in [-0.4, -0.2) is 41.4 Å². The van der Waals surface area contributed by atoms with E-state index in [1.807, 2.05) is 31.2 Å². The fourth-order valence-corrected chi connectivity index (χ4v) is 2.79. The van der Waals surface area contributed by atoms with Gasteiger partial charge in [0.1, 0.15) is 11.5 Å². The molecule has 2 heterocycles. The lowest BCUT2D eigenvalue weighted by atomic mass is 10.1. The molecule has 6 heteroatoms. The number of nitrogens with one attached hydrogen (secondary N) is 1. The van der Waals surface area contributed by atoms with Gasteiger partial charge in [-0.05, 0) is 13.0 Å². The van der Waals surface area contributed by atoms with E-state index in [9.17, 15) is 0 Å². The van der Waals surface area contributed by atoms with Gasteiger partial charge >= 0.3 is 0 Å². The number of halogens is 1. The first-order valence-corrected chi connectivity index (χ1v) is 7.47. The van der Waals surface area contributed by atoms with Crippen molar-refractivity contribution in [2.75, 3.05) is 31.1 Å². The van der Waals surface area contributed by atoms with Crippen molar-refractivity contribution >= 4 is 21.7 Å². The largest absolute Gasteiger partial charge is 0.352 e. The van der Waals surface area contributed by atoms with Gasteiger partial charge in [-0.1, -0.05) is 34.1 Å². The molecule has 2 aromatic rings. The maximum absolute atomic E-state index is 4.62. The molecule has 20 heavy (non-hydrogen) atoms. The summed E-state index contributed by atoms with van der Waals surface area (Å²) in [5, 5.41) is 11.9. The SMILES string of the molecule is Cc1nnc(-c2ccccc2Br)c(N2CCNCC2)n1. The number of benzene rings is 1. The van der Waals surface area contributed by atoms with Crippen LogP contribution in [0.2, 0.25) is 0 Å². The molecule has 0 aliphatic carbocycles. The molecule has 1 aromatic heterocycles. The van der Waals surface area contributed by atoms with Crippen molar-refractivity contribution < 1.29 is 0 Å². The summed E-state index contributed by atoms with van der Waals surface area (Å²) in [5.74, 6) is 1.63. The highest BCUT2D eigenvalue weighted by molar-refractivity contribution is 9.10. The summed E-state index contributed by atoms with van der Waals surface area (Å²) >= 11 is 3.58. The summed E-state index contributed by atoms with van der Waals surface area (Å²) < 4.78 is 1.01. The van der Waals surface area contributed by atoms with Gasteiger partial charge in [0, 0.05) is 36.2 Å². The van der Waals surface area contributed by atoms with Crippen LogP contribution >= 0.6 is 15.9 Å². The van der Waals surface area contributed by atoms with Gasteiger partial charge in [-0.15, -0.1) is 10.2 Å². The zero-order valence-corrected chi connectivity index (χ0v) is 12.9. The number of anilines is 1. The zero-order valence-electron chi connectivity index (χ0n) is 11.3. The van der Waals surface area contributed by atoms with Crippen molar-refractivity contribution in [2.45, 2.75) is 6.92 Å². The molecule has 1 N–H and O–H groups in total. The van der Waals surface area contributed by atoms with Gasteiger partial charge in [0.25, 0.3) is 0 Å². The highest BCUT2D eigenvalue weighted by Crippen LogP contribution is 2.32. The van der Waals surface area contributed by atoms with Crippen molar-refractivity contribution in [3.05, 3.63) is 34.6 Å². The molecule has 0 bridgehead atoms. The van der Waals surface area contributed by atoms with Gasteiger partial charge in [-0.3, -0.25) is 0 Å². The second-order valence-corrected chi connectivity index (χ2v) is 5.60. The van der Waals surface area contributed by atoms with Crippen LogP contribution in [0.3, 0.4) is 0 Å². The molecule has 1 aliphatic heterocycles. The summed E-state index contributed by atoms with van der Waals surface area (Å²) in [6, 6.07) is 8.05. The van der Waals surface area contributed by atoms with Gasteiger partial charge in [0.05, 0.1) is 0 Å². The van der Waals surface area contributed by atoms with Gasteiger partial charge in [-0.2, -0.15) is 0 Å². The highest BCUT2D eigenvalue weighted by Gasteiger charge is 2.19. The molecule has 0 amide bonds. The van der Waals surface area contributed by atoms with Crippen LogP contribution in [0, 0.1) is 6.92 Å². The summed E-state index contributed by atoms with van der Waals surface area (Å²) in [4.78, 5) is 6.89. The first kappa shape index (κ1) is 13.5. The summed E-state index contributed by atoms with van der Waals surface area (Å²) in [6.07, 6.45) is 0. The molecule has 0 radical (unpaired) electrons. The predicted octanol–water partition coefficient (Wildman–Crippen LogP) is 2.02. The number of aromatic nitrogens is 3. The fraction of sp³-hybridized carbons (Fsp3) is 0.357. The molecule has 3 rings (SSSR count). The van der Waals surface area contributed by atoms with E-state index < -0.39 is 0 Å². The molecule has 0 saturated carbocycles. The van der Waals surface area contributed by atoms with Crippen LogP contribution < -0.4 is 10.2 Å². The molecule has 1 saturated heterocycles. The van der Waals surface area contributed by atoms with E-state index in [1.165, 1.54) is 0 Å². The highest BCUT2D eigenvalue weighted by atomic mass is 79.9. The van der Waals surface area contributed by atoms with E-state index in [0.717, 1.165) is 47.7 Å². The first-order chi connectivity index (χ1) is 9.75. The van der Waals surface area contributed by atoms with Crippen LogP contribution in [0.1, 0.15) is 5.82 Å². The van der Waals surface area contributed by atoms with Crippen molar-refractivity contribution in [1.29, 1.82) is 0 Å². The quantitative estimate of drug-likeness (QED) is 0.911. The zero-order chi connectivity index (χ0) is 13.9. The third-order valence-electron chi connectivity index (χ3n) is 3.32. The molecular formula is C14H16BrN5. The van der Waals surface area contributed by atoms with E-state index in [0.29, 0.717) is 5.82 Å². The average molecular weight is 334 g/mol. The third kappa shape index (κ3) is 2.66. The molecule has 0 atom stereocenters. The van der Waals surface area contributed by atoms with Crippen molar-refractivity contribution in [2.24, 2.45) is 0 Å². The Hall–Kier alpha value is -1.53. The van der Waals surface area contributed by atoms with E-state index >= 15 is 0 Å². The first-order valence-electron chi connectivity index (χ1n) is 6.67. The van der Waals surface area contributed by atoms with Crippen molar-refractivity contribution in [3.63, 3.8) is 0 Å². The molecular weight excluding hydrogens is 318 g/mol. The van der Waals surface area contributed by atoms with Crippen LogP contribution in [0.5, 0.6) is 0 Å². The smallest absolute Gasteiger partial charge is 0.159 e. The summed E-state index contributed by atoms with van der Waals surface area (Å²) in [7, 11) is 0. The predicted molar refractivity (Wildman–Crippen MR) is 82.8 cm³/mol. The molecule has 5 nitrogen and oxygen atoms in total. The number of nitrogens with zero attached hydrogens (tertiary/aromatic N) is 4. The molecule has 1 aliphatic rings. The van der Waals surface area contributed by atoms with Gasteiger partial charge in [0.2, 0.25) is 0 Å². The minimum Gasteiger partial charge on any atom is -0.352 e. The number of hydrogen-bond acceptors (Lipinski definition) is 5. The summed E-state index contributed by atoms with van der Waals surface area (Å²) in [5.41, 5.74) is 1.87. The van der Waals surface area contributed by atoms with Crippen LogP contribution in [0.15, 0.2) is 28.7 Å². The Morgan fingerprint density at radius 3 is 2.65 bits per heavy atom. The van der Waals surface area contributed by atoms with Gasteiger partial charge in [-0.25, -0.2) is 4.98 Å². The Balaban J connectivity index is 2.08. The second-order valence-electron chi connectivity index (χ2n) is 4.75. The van der Waals surface area contributed by atoms with Crippen LogP contribution in [0.4, 0.5) is 5.82 Å².